The van der Waals surface area contributed by atoms with Gasteiger partial charge < -0.3 is 19.9 Å². The lowest BCUT2D eigenvalue weighted by Gasteiger charge is -2.27. The molecule has 0 spiro atoms. The van der Waals surface area contributed by atoms with Gasteiger partial charge in [-0.05, 0) is 24.6 Å². The smallest absolute Gasteiger partial charge is 0.244 e. The minimum Gasteiger partial charge on any atom is -0.378 e. The van der Waals surface area contributed by atoms with Crippen LogP contribution in [0.5, 0.6) is 0 Å². The Kier molecular flexibility index (Phi) is 10.1. The van der Waals surface area contributed by atoms with Gasteiger partial charge in [0.2, 0.25) is 17.7 Å². The van der Waals surface area contributed by atoms with Crippen LogP contribution < -0.4 is 5.32 Å². The van der Waals surface area contributed by atoms with Crippen molar-refractivity contribution in [2.75, 3.05) is 56.2 Å². The lowest BCUT2D eigenvalue weighted by molar-refractivity contribution is -0.132. The van der Waals surface area contributed by atoms with Gasteiger partial charge in [-0.2, -0.15) is 0 Å². The first-order valence-electron chi connectivity index (χ1n) is 9.36. The fraction of sp³-hybridized carbons (Fsp3) is 0.526. The van der Waals surface area contributed by atoms with Crippen LogP contribution in [0.25, 0.3) is 0 Å². The molecular formula is C19H25Cl2N3O4S. The van der Waals surface area contributed by atoms with Crippen molar-refractivity contribution in [1.29, 1.82) is 0 Å². The van der Waals surface area contributed by atoms with Gasteiger partial charge in [0.15, 0.2) is 0 Å². The molecule has 0 aliphatic carbocycles. The Hall–Kier alpha value is -1.48. The number of thioether (sulfide) groups is 1. The summed E-state index contributed by atoms with van der Waals surface area (Å²) < 4.78 is 5.23. The van der Waals surface area contributed by atoms with Crippen LogP contribution in [0.3, 0.4) is 0 Å². The second-order valence-electron chi connectivity index (χ2n) is 6.47. The van der Waals surface area contributed by atoms with Crippen LogP contribution in [0.2, 0.25) is 10.0 Å². The van der Waals surface area contributed by atoms with Crippen molar-refractivity contribution in [1.82, 2.24) is 9.80 Å². The maximum atomic E-state index is 12.5. The number of carbonyl (C=O) groups excluding carboxylic acids is 3. The van der Waals surface area contributed by atoms with E-state index in [0.29, 0.717) is 55.0 Å². The van der Waals surface area contributed by atoms with E-state index in [-0.39, 0.29) is 35.8 Å². The highest BCUT2D eigenvalue weighted by Gasteiger charge is 2.20. The summed E-state index contributed by atoms with van der Waals surface area (Å²) in [7, 11) is 0. The fourth-order valence-corrected chi connectivity index (χ4v) is 3.89. The number of morpholine rings is 1. The number of nitrogens with zero attached hydrogens (tertiary/aromatic N) is 2. The first-order valence-corrected chi connectivity index (χ1v) is 11.3. The van der Waals surface area contributed by atoms with Gasteiger partial charge in [0.1, 0.15) is 0 Å². The van der Waals surface area contributed by atoms with E-state index in [1.807, 2.05) is 6.92 Å². The van der Waals surface area contributed by atoms with Gasteiger partial charge in [-0.3, -0.25) is 14.4 Å². The van der Waals surface area contributed by atoms with E-state index < -0.39 is 0 Å². The Balaban J connectivity index is 1.82. The topological polar surface area (TPSA) is 79.0 Å². The zero-order valence-corrected chi connectivity index (χ0v) is 18.6. The molecule has 0 atom stereocenters. The molecule has 1 fully saturated rings. The normalized spacial score (nSPS) is 13.8. The van der Waals surface area contributed by atoms with Gasteiger partial charge in [-0.15, -0.1) is 11.8 Å². The van der Waals surface area contributed by atoms with Gasteiger partial charge in [0.05, 0.1) is 42.0 Å². The number of benzene rings is 1. The molecule has 1 heterocycles. The molecule has 1 aliphatic heterocycles. The van der Waals surface area contributed by atoms with E-state index in [1.54, 1.807) is 23.1 Å². The first kappa shape index (κ1) is 23.8. The van der Waals surface area contributed by atoms with Gasteiger partial charge >= 0.3 is 0 Å². The van der Waals surface area contributed by atoms with Crippen LogP contribution in [0, 0.1) is 0 Å². The Morgan fingerprint density at radius 3 is 2.62 bits per heavy atom. The molecule has 29 heavy (non-hydrogen) atoms. The van der Waals surface area contributed by atoms with Crippen molar-refractivity contribution in [2.24, 2.45) is 0 Å². The number of ether oxygens (including phenoxy) is 1. The molecule has 0 aromatic heterocycles. The lowest BCUT2D eigenvalue weighted by Crippen LogP contribution is -2.42. The number of anilines is 1. The number of rotatable bonds is 9. The molecular weight excluding hydrogens is 437 g/mol. The van der Waals surface area contributed by atoms with E-state index in [4.69, 9.17) is 27.9 Å². The van der Waals surface area contributed by atoms with E-state index in [2.05, 4.69) is 5.32 Å². The number of carbonyl (C=O) groups is 3. The van der Waals surface area contributed by atoms with Crippen LogP contribution in [-0.4, -0.2) is 78.4 Å². The number of amides is 3. The predicted molar refractivity (Wildman–Crippen MR) is 117 cm³/mol. The van der Waals surface area contributed by atoms with Crippen molar-refractivity contribution in [3.05, 3.63) is 28.2 Å². The summed E-state index contributed by atoms with van der Waals surface area (Å²) in [5, 5.41) is 3.50. The second-order valence-corrected chi connectivity index (χ2v) is 8.30. The van der Waals surface area contributed by atoms with E-state index in [1.165, 1.54) is 16.7 Å². The average molecular weight is 462 g/mol. The summed E-state index contributed by atoms with van der Waals surface area (Å²) in [4.78, 5) is 40.3. The maximum absolute atomic E-state index is 12.5. The zero-order valence-electron chi connectivity index (χ0n) is 16.3. The van der Waals surface area contributed by atoms with Gasteiger partial charge in [-0.25, -0.2) is 0 Å². The zero-order chi connectivity index (χ0) is 21.2. The molecule has 3 amide bonds. The summed E-state index contributed by atoms with van der Waals surface area (Å²) in [5.41, 5.74) is 0.401. The van der Waals surface area contributed by atoms with Crippen molar-refractivity contribution < 1.29 is 19.1 Å². The Bertz CT molecular complexity index is 729. The fourth-order valence-electron chi connectivity index (χ4n) is 2.74. The maximum Gasteiger partial charge on any atom is 0.244 e. The summed E-state index contributed by atoms with van der Waals surface area (Å²) in [6.07, 6.45) is 0.717. The first-order chi connectivity index (χ1) is 13.9. The van der Waals surface area contributed by atoms with Crippen LogP contribution in [0.15, 0.2) is 18.2 Å². The van der Waals surface area contributed by atoms with Crippen molar-refractivity contribution in [3.63, 3.8) is 0 Å². The molecule has 0 radical (unpaired) electrons. The molecule has 0 unspecified atom stereocenters. The van der Waals surface area contributed by atoms with Gasteiger partial charge in [0, 0.05) is 24.7 Å². The highest BCUT2D eigenvalue weighted by atomic mass is 35.5. The van der Waals surface area contributed by atoms with Gasteiger partial charge in [-0.1, -0.05) is 30.1 Å². The Labute approximate surface area is 185 Å². The molecule has 1 aliphatic rings. The molecule has 7 nitrogen and oxygen atoms in total. The van der Waals surface area contributed by atoms with E-state index >= 15 is 0 Å². The van der Waals surface area contributed by atoms with Crippen LogP contribution in [0.4, 0.5) is 5.69 Å². The number of hydrogen-bond acceptors (Lipinski definition) is 5. The minimum absolute atomic E-state index is 0.00137. The Morgan fingerprint density at radius 2 is 1.93 bits per heavy atom. The van der Waals surface area contributed by atoms with Gasteiger partial charge in [0.25, 0.3) is 0 Å². The molecule has 1 N–H and O–H groups in total. The molecule has 1 saturated heterocycles. The standard InChI is InChI=1S/C19H25Cl2N3O4S/c1-2-5-24(11-17(25)22-16-10-14(20)3-4-15(16)21)19(27)13-29-12-18(26)23-6-8-28-9-7-23/h3-4,10H,2,5-9,11-13H2,1H3,(H,22,25). The third kappa shape index (κ3) is 8.04. The average Bonchev–Trinajstić information content (AvgIpc) is 2.71. The van der Waals surface area contributed by atoms with Crippen molar-refractivity contribution in [3.8, 4) is 0 Å². The number of halogens is 2. The SMILES string of the molecule is CCCN(CC(=O)Nc1cc(Cl)ccc1Cl)C(=O)CSCC(=O)N1CCOCC1. The van der Waals surface area contributed by atoms with E-state index in [0.717, 1.165) is 0 Å². The Morgan fingerprint density at radius 1 is 1.21 bits per heavy atom. The third-order valence-electron chi connectivity index (χ3n) is 4.20. The van der Waals surface area contributed by atoms with Crippen LogP contribution in [-0.2, 0) is 19.1 Å². The monoisotopic (exact) mass is 461 g/mol. The van der Waals surface area contributed by atoms with Crippen molar-refractivity contribution in [2.45, 2.75) is 13.3 Å². The number of hydrogen-bond donors (Lipinski definition) is 1. The molecule has 10 heteroatoms. The summed E-state index contributed by atoms with van der Waals surface area (Å²) in [6, 6.07) is 4.78. The molecule has 2 rings (SSSR count). The predicted octanol–water partition coefficient (Wildman–Crippen LogP) is 2.76. The summed E-state index contributed by atoms with van der Waals surface area (Å²) in [5.74, 6) is -0.164. The van der Waals surface area contributed by atoms with Crippen LogP contribution in [0.1, 0.15) is 13.3 Å². The van der Waals surface area contributed by atoms with Crippen molar-refractivity contribution >= 4 is 58.4 Å². The highest BCUT2D eigenvalue weighted by Crippen LogP contribution is 2.25. The third-order valence-corrected chi connectivity index (χ3v) is 5.66. The molecule has 1 aromatic carbocycles. The summed E-state index contributed by atoms with van der Waals surface area (Å²) in [6.45, 7) is 4.56. The summed E-state index contributed by atoms with van der Waals surface area (Å²) >= 11 is 13.3. The number of nitrogens with one attached hydrogen (secondary N) is 1. The quantitative estimate of drug-likeness (QED) is 0.611. The molecule has 0 bridgehead atoms. The second kappa shape index (κ2) is 12.3. The molecule has 1 aromatic rings. The lowest BCUT2D eigenvalue weighted by atomic mass is 10.3. The molecule has 160 valence electrons. The minimum atomic E-state index is -0.356. The van der Waals surface area contributed by atoms with E-state index in [9.17, 15) is 14.4 Å². The largest absolute Gasteiger partial charge is 0.378 e. The molecule has 0 saturated carbocycles. The van der Waals surface area contributed by atoms with Crippen LogP contribution >= 0.6 is 35.0 Å². The highest BCUT2D eigenvalue weighted by molar-refractivity contribution is 8.00.